The fourth-order valence-corrected chi connectivity index (χ4v) is 5.08. The van der Waals surface area contributed by atoms with Crippen LogP contribution in [0.3, 0.4) is 0 Å². The van der Waals surface area contributed by atoms with Crippen LogP contribution in [0.5, 0.6) is 5.75 Å². The van der Waals surface area contributed by atoms with E-state index < -0.39 is 0 Å². The number of anilines is 4. The van der Waals surface area contributed by atoms with Crippen molar-refractivity contribution >= 4 is 50.6 Å². The van der Waals surface area contributed by atoms with E-state index in [0.29, 0.717) is 0 Å². The third-order valence-corrected chi connectivity index (χ3v) is 6.79. The predicted octanol–water partition coefficient (Wildman–Crippen LogP) is 7.93. The minimum absolute atomic E-state index is 0.792. The molecule has 0 radical (unpaired) electrons. The van der Waals surface area contributed by atoms with Gasteiger partial charge in [0, 0.05) is 5.69 Å². The van der Waals surface area contributed by atoms with Crippen LogP contribution in [-0.4, -0.2) is 21.1 Å². The molecule has 38 heavy (non-hydrogen) atoms. The number of hydrogen-bond donors (Lipinski definition) is 2. The molecular formula is C32H25N5O. The van der Waals surface area contributed by atoms with Gasteiger partial charge in [-0.1, -0.05) is 54.6 Å². The molecule has 0 saturated carbocycles. The molecule has 7 rings (SSSR count). The molecule has 6 heteroatoms. The molecule has 0 aliphatic carbocycles. The summed E-state index contributed by atoms with van der Waals surface area (Å²) >= 11 is 0. The Morgan fingerprint density at radius 3 is 2.08 bits per heavy atom. The second kappa shape index (κ2) is 9.01. The minimum atomic E-state index is 0.792. The van der Waals surface area contributed by atoms with Crippen molar-refractivity contribution in [3.8, 4) is 11.4 Å². The third-order valence-electron chi connectivity index (χ3n) is 6.79. The highest BCUT2D eigenvalue weighted by molar-refractivity contribution is 5.92. The van der Waals surface area contributed by atoms with Gasteiger partial charge in [-0.2, -0.15) is 0 Å². The third kappa shape index (κ3) is 3.62. The lowest BCUT2D eigenvalue weighted by Crippen LogP contribution is -2.00. The van der Waals surface area contributed by atoms with E-state index in [2.05, 4.69) is 98.5 Å². The largest absolute Gasteiger partial charge is 0.495 e. The van der Waals surface area contributed by atoms with Gasteiger partial charge in [0.15, 0.2) is 0 Å². The number of hydrogen-bond acceptors (Lipinski definition) is 4. The lowest BCUT2D eigenvalue weighted by Gasteiger charge is -2.16. The maximum absolute atomic E-state index is 5.53. The first-order valence-corrected chi connectivity index (χ1v) is 12.5. The first-order chi connectivity index (χ1) is 18.8. The van der Waals surface area contributed by atoms with Crippen molar-refractivity contribution in [2.24, 2.45) is 0 Å². The average Bonchev–Trinajstić information content (AvgIpc) is 3.49. The number of aromatic nitrogens is 3. The second-order valence-electron chi connectivity index (χ2n) is 9.11. The number of nitrogens with one attached hydrogen (secondary N) is 2. The molecule has 0 aliphatic rings. The van der Waals surface area contributed by atoms with Crippen LogP contribution in [-0.2, 0) is 0 Å². The molecule has 0 fully saturated rings. The maximum Gasteiger partial charge on any atom is 0.220 e. The number of imidazole rings is 2. The van der Waals surface area contributed by atoms with E-state index in [1.807, 2.05) is 42.5 Å². The fraction of sp³-hybridized carbons (Fsp3) is 0.0312. The molecule has 0 atom stereocenters. The number of methoxy groups -OCH3 is 1. The Morgan fingerprint density at radius 2 is 1.26 bits per heavy atom. The first kappa shape index (κ1) is 22.0. The fourth-order valence-electron chi connectivity index (χ4n) is 5.08. The summed E-state index contributed by atoms with van der Waals surface area (Å²) in [4.78, 5) is 5.00. The summed E-state index contributed by atoms with van der Waals surface area (Å²) in [6.45, 7) is 0. The van der Waals surface area contributed by atoms with Gasteiger partial charge in [-0.25, -0.2) is 4.98 Å². The minimum Gasteiger partial charge on any atom is -0.495 e. The monoisotopic (exact) mass is 495 g/mol. The number of para-hydroxylation sites is 8. The Kier molecular flexibility index (Phi) is 5.22. The van der Waals surface area contributed by atoms with E-state index >= 15 is 0 Å². The van der Waals surface area contributed by atoms with Gasteiger partial charge in [0.25, 0.3) is 0 Å². The van der Waals surface area contributed by atoms with Crippen LogP contribution < -0.4 is 15.4 Å². The van der Waals surface area contributed by atoms with Crippen molar-refractivity contribution in [2.75, 3.05) is 17.7 Å². The molecule has 0 aliphatic heterocycles. The molecule has 0 bridgehead atoms. The van der Waals surface area contributed by atoms with Gasteiger partial charge >= 0.3 is 0 Å². The number of benzene rings is 5. The summed E-state index contributed by atoms with van der Waals surface area (Å²) < 4.78 is 9.99. The van der Waals surface area contributed by atoms with Crippen LogP contribution in [0.2, 0.25) is 0 Å². The summed E-state index contributed by atoms with van der Waals surface area (Å²) in [5.74, 6) is 1.68. The molecule has 0 spiro atoms. The Labute approximate surface area is 219 Å². The van der Waals surface area contributed by atoms with Crippen LogP contribution in [0.15, 0.2) is 121 Å². The molecule has 184 valence electrons. The number of rotatable bonds is 6. The molecule has 2 heterocycles. The van der Waals surface area contributed by atoms with Crippen LogP contribution in [0, 0.1) is 0 Å². The van der Waals surface area contributed by atoms with E-state index in [0.717, 1.165) is 62.0 Å². The standard InChI is InChI=1S/C32H25N5O/c1-38-31-20-9-5-16-27(31)34-25-14-3-2-13-24(25)33-22-11-10-12-23(21-22)36-29-18-7-8-19-30(29)37-28-17-6-4-15-26(28)35-32(36)37/h2-21,33-34H,1H3. The Morgan fingerprint density at radius 1 is 0.605 bits per heavy atom. The summed E-state index contributed by atoms with van der Waals surface area (Å²) in [5, 5.41) is 7.12. The number of ether oxygens (including phenoxy) is 1. The first-order valence-electron chi connectivity index (χ1n) is 12.5. The van der Waals surface area contributed by atoms with Crippen LogP contribution >= 0.6 is 0 Å². The quantitative estimate of drug-likeness (QED) is 0.246. The van der Waals surface area contributed by atoms with E-state index in [9.17, 15) is 0 Å². The molecule has 6 nitrogen and oxygen atoms in total. The highest BCUT2D eigenvalue weighted by atomic mass is 16.5. The predicted molar refractivity (Wildman–Crippen MR) is 156 cm³/mol. The van der Waals surface area contributed by atoms with Crippen molar-refractivity contribution in [1.29, 1.82) is 0 Å². The smallest absolute Gasteiger partial charge is 0.220 e. The van der Waals surface area contributed by atoms with E-state index in [-0.39, 0.29) is 0 Å². The molecule has 0 amide bonds. The van der Waals surface area contributed by atoms with Gasteiger partial charge in [-0.05, 0) is 66.7 Å². The van der Waals surface area contributed by atoms with E-state index in [1.165, 1.54) is 0 Å². The molecule has 0 unspecified atom stereocenters. The zero-order valence-corrected chi connectivity index (χ0v) is 20.8. The zero-order valence-electron chi connectivity index (χ0n) is 20.8. The van der Waals surface area contributed by atoms with Crippen LogP contribution in [0.1, 0.15) is 0 Å². The van der Waals surface area contributed by atoms with Crippen molar-refractivity contribution in [2.45, 2.75) is 0 Å². The van der Waals surface area contributed by atoms with Gasteiger partial charge in [-0.3, -0.25) is 8.97 Å². The van der Waals surface area contributed by atoms with Gasteiger partial charge in [-0.15, -0.1) is 0 Å². The van der Waals surface area contributed by atoms with Crippen molar-refractivity contribution < 1.29 is 4.74 Å². The normalized spacial score (nSPS) is 11.3. The van der Waals surface area contributed by atoms with Gasteiger partial charge in [0.05, 0.1) is 51.9 Å². The van der Waals surface area contributed by atoms with Crippen molar-refractivity contribution in [3.63, 3.8) is 0 Å². The summed E-state index contributed by atoms with van der Waals surface area (Å²) in [7, 11) is 1.68. The Hall–Kier alpha value is -5.23. The molecule has 7 aromatic rings. The van der Waals surface area contributed by atoms with Crippen molar-refractivity contribution in [1.82, 2.24) is 14.0 Å². The molecule has 0 saturated heterocycles. The molecule has 2 aromatic heterocycles. The van der Waals surface area contributed by atoms with Crippen LogP contribution in [0.25, 0.3) is 33.5 Å². The highest BCUT2D eigenvalue weighted by Crippen LogP contribution is 2.34. The van der Waals surface area contributed by atoms with Gasteiger partial charge < -0.3 is 15.4 Å². The van der Waals surface area contributed by atoms with E-state index in [1.54, 1.807) is 7.11 Å². The van der Waals surface area contributed by atoms with Crippen LogP contribution in [0.4, 0.5) is 22.7 Å². The lowest BCUT2D eigenvalue weighted by molar-refractivity contribution is 0.417. The Balaban J connectivity index is 1.31. The summed E-state index contributed by atoms with van der Waals surface area (Å²) in [5.41, 5.74) is 9.15. The maximum atomic E-state index is 5.53. The number of fused-ring (bicyclic) bond motifs is 5. The topological polar surface area (TPSA) is 55.5 Å². The highest BCUT2D eigenvalue weighted by Gasteiger charge is 2.17. The molecule has 2 N–H and O–H groups in total. The van der Waals surface area contributed by atoms with Gasteiger partial charge in [0.1, 0.15) is 5.75 Å². The molecule has 5 aromatic carbocycles. The van der Waals surface area contributed by atoms with Gasteiger partial charge in [0.2, 0.25) is 5.78 Å². The summed E-state index contributed by atoms with van der Waals surface area (Å²) in [6.07, 6.45) is 0. The average molecular weight is 496 g/mol. The summed E-state index contributed by atoms with van der Waals surface area (Å²) in [6, 6.07) is 41.2. The lowest BCUT2D eigenvalue weighted by atomic mass is 10.2. The van der Waals surface area contributed by atoms with E-state index in [4.69, 9.17) is 9.72 Å². The zero-order chi connectivity index (χ0) is 25.5. The second-order valence-corrected chi connectivity index (χ2v) is 9.11. The number of nitrogens with zero attached hydrogens (tertiary/aromatic N) is 3. The Bertz CT molecular complexity index is 1930. The van der Waals surface area contributed by atoms with Crippen molar-refractivity contribution in [3.05, 3.63) is 121 Å². The molecular weight excluding hydrogens is 470 g/mol. The SMILES string of the molecule is COc1ccccc1Nc1ccccc1Nc1cccc(-n2c3ccccc3n3c4ccccc4nc23)c1.